The molecule has 13 heteroatoms. The molecule has 1 aliphatic carbocycles. The van der Waals surface area contributed by atoms with Crippen molar-refractivity contribution in [2.75, 3.05) is 26.5 Å². The second kappa shape index (κ2) is 12.5. The number of benzene rings is 1. The maximum Gasteiger partial charge on any atom is 0.407 e. The number of allylic oxidation sites excluding steroid dienone is 1. The molecule has 2 N–H and O–H groups in total. The van der Waals surface area contributed by atoms with E-state index in [-0.39, 0.29) is 24.6 Å². The predicted octanol–water partition coefficient (Wildman–Crippen LogP) is 2.28. The first-order valence-corrected chi connectivity index (χ1v) is 12.9. The Bertz CT molecular complexity index is 1490. The van der Waals surface area contributed by atoms with Crippen molar-refractivity contribution >= 4 is 34.6 Å². The summed E-state index contributed by atoms with van der Waals surface area (Å²) < 4.78 is 21.8. The van der Waals surface area contributed by atoms with Crippen LogP contribution in [0.2, 0.25) is 0 Å². The fraction of sp³-hybridized carbons (Fsp3) is 0.407. The minimum Gasteiger partial charge on any atom is -0.453 e. The number of rotatable bonds is 11. The number of anilines is 1. The van der Waals surface area contributed by atoms with E-state index < -0.39 is 29.4 Å². The molecular formula is C27H32FN7O5. The van der Waals surface area contributed by atoms with Crippen molar-refractivity contribution in [3.05, 3.63) is 64.9 Å². The van der Waals surface area contributed by atoms with Crippen LogP contribution in [-0.4, -0.2) is 69.2 Å². The molecule has 2 aromatic heterocycles. The number of aromatic nitrogens is 4. The topological polar surface area (TPSA) is 140 Å². The van der Waals surface area contributed by atoms with Crippen molar-refractivity contribution in [3.8, 4) is 0 Å². The van der Waals surface area contributed by atoms with Crippen LogP contribution in [0.25, 0.3) is 11.0 Å². The number of imidazole rings is 1. The van der Waals surface area contributed by atoms with Crippen LogP contribution >= 0.6 is 0 Å². The number of nitrogens with one attached hydrogen (secondary N) is 2. The Balaban J connectivity index is 1.52. The Labute approximate surface area is 229 Å². The van der Waals surface area contributed by atoms with Crippen LogP contribution in [0.3, 0.4) is 0 Å². The first-order valence-electron chi connectivity index (χ1n) is 12.9. The maximum atomic E-state index is 13.8. The van der Waals surface area contributed by atoms with Gasteiger partial charge < -0.3 is 24.8 Å². The number of carbonyl (C=O) groups excluding carboxylic acids is 3. The van der Waals surface area contributed by atoms with Crippen LogP contribution < -0.4 is 16.2 Å². The Morgan fingerprint density at radius 2 is 2.05 bits per heavy atom. The van der Waals surface area contributed by atoms with Crippen molar-refractivity contribution in [1.29, 1.82) is 0 Å². The first-order chi connectivity index (χ1) is 19.2. The molecule has 2 heterocycles. The number of fused-ring (bicyclic) bond motifs is 1. The Morgan fingerprint density at radius 1 is 1.27 bits per heavy atom. The van der Waals surface area contributed by atoms with E-state index in [1.165, 1.54) is 47.3 Å². The van der Waals surface area contributed by atoms with E-state index in [0.29, 0.717) is 30.2 Å². The standard InChI is InChI=1S/C27H32FN7O5/c1-33(2)24(36)7-5-4-6-19(32-27(39)40-3)25(37)31-21-13-29-16-34(26(21)38)15-23-30-20-12-18(28)10-11-22(20)35(23)14-17-8-9-17/h5,7,10-13,16-17,19H,4,6,8-9,14-15H2,1-3H3,(H,31,37)(H,32,39). The van der Waals surface area contributed by atoms with Gasteiger partial charge in [-0.25, -0.2) is 19.2 Å². The molecule has 1 atom stereocenters. The molecule has 0 saturated heterocycles. The molecule has 3 amide bonds. The molecule has 12 nitrogen and oxygen atoms in total. The molecule has 0 aliphatic heterocycles. The van der Waals surface area contributed by atoms with Gasteiger partial charge in [-0.15, -0.1) is 0 Å². The third kappa shape index (κ3) is 7.10. The lowest BCUT2D eigenvalue weighted by molar-refractivity contribution is -0.123. The summed E-state index contributed by atoms with van der Waals surface area (Å²) in [6, 6.07) is 3.38. The third-order valence-corrected chi connectivity index (χ3v) is 6.51. The summed E-state index contributed by atoms with van der Waals surface area (Å²) in [4.78, 5) is 60.0. The van der Waals surface area contributed by atoms with Crippen molar-refractivity contribution in [1.82, 2.24) is 29.3 Å². The van der Waals surface area contributed by atoms with Crippen molar-refractivity contribution < 1.29 is 23.5 Å². The fourth-order valence-corrected chi connectivity index (χ4v) is 4.12. The average molecular weight is 554 g/mol. The number of likely N-dealkylation sites (N-methyl/N-ethyl adjacent to an activating group) is 1. The number of hydrogen-bond acceptors (Lipinski definition) is 7. The molecule has 3 aromatic rings. The van der Waals surface area contributed by atoms with Crippen molar-refractivity contribution in [3.63, 3.8) is 0 Å². The predicted molar refractivity (Wildman–Crippen MR) is 145 cm³/mol. The number of halogens is 1. The summed E-state index contributed by atoms with van der Waals surface area (Å²) in [5.41, 5.74) is 0.678. The second-order valence-corrected chi connectivity index (χ2v) is 9.85. The highest BCUT2D eigenvalue weighted by molar-refractivity contribution is 5.96. The Hall–Kier alpha value is -4.55. The normalized spacial score (nSPS) is 13.8. The smallest absolute Gasteiger partial charge is 0.407 e. The van der Waals surface area contributed by atoms with Gasteiger partial charge in [0.05, 0.1) is 37.2 Å². The zero-order valence-corrected chi connectivity index (χ0v) is 22.6. The molecule has 4 rings (SSSR count). The molecule has 1 aromatic carbocycles. The molecule has 1 unspecified atom stereocenters. The van der Waals surface area contributed by atoms with E-state index in [1.54, 1.807) is 26.2 Å². The van der Waals surface area contributed by atoms with Gasteiger partial charge in [0.15, 0.2) is 0 Å². The highest BCUT2D eigenvalue weighted by Crippen LogP contribution is 2.32. The highest BCUT2D eigenvalue weighted by Gasteiger charge is 2.25. The molecule has 0 spiro atoms. The summed E-state index contributed by atoms with van der Waals surface area (Å²) in [5.74, 6) is -0.172. The quantitative estimate of drug-likeness (QED) is 0.347. The number of nitrogens with zero attached hydrogens (tertiary/aromatic N) is 5. The lowest BCUT2D eigenvalue weighted by atomic mass is 10.1. The summed E-state index contributed by atoms with van der Waals surface area (Å²) in [6.07, 6.45) is 7.38. The summed E-state index contributed by atoms with van der Waals surface area (Å²) in [6.45, 7) is 0.776. The average Bonchev–Trinajstić information content (AvgIpc) is 3.68. The monoisotopic (exact) mass is 553 g/mol. The van der Waals surface area contributed by atoms with Gasteiger partial charge in [-0.2, -0.15) is 0 Å². The molecule has 212 valence electrons. The van der Waals surface area contributed by atoms with Crippen LogP contribution in [0.1, 0.15) is 31.5 Å². The third-order valence-electron chi connectivity index (χ3n) is 6.51. The van der Waals surface area contributed by atoms with Gasteiger partial charge in [-0.3, -0.25) is 19.0 Å². The van der Waals surface area contributed by atoms with E-state index in [0.717, 1.165) is 18.4 Å². The molecule has 0 bridgehead atoms. The number of hydrogen-bond donors (Lipinski definition) is 2. The minimum atomic E-state index is -1.04. The molecular weight excluding hydrogens is 521 g/mol. The molecule has 1 saturated carbocycles. The van der Waals surface area contributed by atoms with Gasteiger partial charge in [0.2, 0.25) is 11.8 Å². The van der Waals surface area contributed by atoms with Crippen LogP contribution in [0.4, 0.5) is 14.9 Å². The molecule has 40 heavy (non-hydrogen) atoms. The van der Waals surface area contributed by atoms with Crippen LogP contribution in [0.15, 0.2) is 47.7 Å². The van der Waals surface area contributed by atoms with Crippen molar-refractivity contribution in [2.45, 2.75) is 44.8 Å². The highest BCUT2D eigenvalue weighted by atomic mass is 19.1. The van der Waals surface area contributed by atoms with Crippen molar-refractivity contribution in [2.24, 2.45) is 5.92 Å². The largest absolute Gasteiger partial charge is 0.453 e. The Morgan fingerprint density at radius 3 is 2.75 bits per heavy atom. The lowest BCUT2D eigenvalue weighted by Crippen LogP contribution is -2.44. The van der Waals surface area contributed by atoms with Crippen LogP contribution in [0, 0.1) is 11.7 Å². The van der Waals surface area contributed by atoms with Gasteiger partial charge in [-0.05, 0) is 49.8 Å². The second-order valence-electron chi connectivity index (χ2n) is 9.85. The summed E-state index contributed by atoms with van der Waals surface area (Å²) >= 11 is 0. The number of carbonyl (C=O) groups is 3. The van der Waals surface area contributed by atoms with E-state index in [9.17, 15) is 23.6 Å². The lowest BCUT2D eigenvalue weighted by Gasteiger charge is -2.17. The van der Waals surface area contributed by atoms with Crippen LogP contribution in [-0.2, 0) is 27.4 Å². The number of alkyl carbamates (subject to hydrolysis) is 1. The van der Waals surface area contributed by atoms with E-state index in [4.69, 9.17) is 0 Å². The molecule has 1 aliphatic rings. The summed E-state index contributed by atoms with van der Waals surface area (Å²) in [5, 5.41) is 4.99. The number of amides is 3. The first kappa shape index (κ1) is 28.5. The van der Waals surface area contributed by atoms with E-state index in [2.05, 4.69) is 25.3 Å². The minimum absolute atomic E-state index is 0.0626. The van der Waals surface area contributed by atoms with Gasteiger partial charge in [-0.1, -0.05) is 6.08 Å². The molecule has 1 fully saturated rings. The number of methoxy groups -OCH3 is 1. The summed E-state index contributed by atoms with van der Waals surface area (Å²) in [7, 11) is 4.40. The van der Waals surface area contributed by atoms with Gasteiger partial charge in [0.1, 0.15) is 23.4 Å². The Kier molecular flexibility index (Phi) is 8.92. The zero-order valence-electron chi connectivity index (χ0n) is 22.6. The SMILES string of the molecule is COC(=O)NC(CCC=CC(=O)N(C)C)C(=O)Nc1cncn(Cc2nc3cc(F)ccc3n2CC2CC2)c1=O. The van der Waals surface area contributed by atoms with Crippen LogP contribution in [0.5, 0.6) is 0 Å². The maximum absolute atomic E-state index is 13.8. The van der Waals surface area contributed by atoms with Gasteiger partial charge >= 0.3 is 6.09 Å². The van der Waals surface area contributed by atoms with E-state index >= 15 is 0 Å². The zero-order chi connectivity index (χ0) is 28.8. The van der Waals surface area contributed by atoms with Gasteiger partial charge in [0.25, 0.3) is 5.56 Å². The molecule has 0 radical (unpaired) electrons. The fourth-order valence-electron chi connectivity index (χ4n) is 4.12. The van der Waals surface area contributed by atoms with E-state index in [1.807, 2.05) is 4.57 Å². The number of ether oxygens (including phenoxy) is 1. The van der Waals surface area contributed by atoms with Gasteiger partial charge in [0, 0.05) is 26.7 Å².